The molecule has 28 heavy (non-hydrogen) atoms. The molecule has 1 aromatic heterocycles. The molecule has 4 rings (SSSR count). The van der Waals surface area contributed by atoms with Crippen LogP contribution in [0.2, 0.25) is 0 Å². The van der Waals surface area contributed by atoms with Gasteiger partial charge in [-0.25, -0.2) is 4.68 Å². The van der Waals surface area contributed by atoms with E-state index in [1.165, 1.54) is 32.1 Å². The summed E-state index contributed by atoms with van der Waals surface area (Å²) in [6, 6.07) is 0. The summed E-state index contributed by atoms with van der Waals surface area (Å²) in [6.45, 7) is 7.79. The van der Waals surface area contributed by atoms with Gasteiger partial charge in [0.15, 0.2) is 5.82 Å². The Morgan fingerprint density at radius 1 is 1.14 bits per heavy atom. The molecule has 1 atom stereocenters. The topological polar surface area (TPSA) is 76.4 Å². The van der Waals surface area contributed by atoms with Crippen LogP contribution >= 0.6 is 0 Å². The predicted molar refractivity (Wildman–Crippen MR) is 104 cm³/mol. The van der Waals surface area contributed by atoms with Crippen LogP contribution in [-0.4, -0.2) is 74.8 Å². The molecule has 8 heteroatoms. The highest BCUT2D eigenvalue weighted by Crippen LogP contribution is 2.28. The summed E-state index contributed by atoms with van der Waals surface area (Å²) in [6.07, 6.45) is 8.54. The number of aromatic nitrogens is 4. The number of likely N-dealkylation sites (tertiary alicyclic amines) is 1. The van der Waals surface area contributed by atoms with Crippen molar-refractivity contribution < 1.29 is 9.53 Å². The number of hydrogen-bond donors (Lipinski definition) is 0. The molecule has 3 aliphatic rings. The van der Waals surface area contributed by atoms with Gasteiger partial charge in [-0.3, -0.25) is 9.69 Å². The SMILES string of the molecule is CC1CCN(Cc2nnnn2CC(=O)N(CC2CCC2)C[C@H]2CCCO2)CC1. The van der Waals surface area contributed by atoms with E-state index >= 15 is 0 Å². The molecular formula is C20H34N6O2. The summed E-state index contributed by atoms with van der Waals surface area (Å²) in [5.41, 5.74) is 0. The van der Waals surface area contributed by atoms with Crippen molar-refractivity contribution >= 4 is 5.91 Å². The van der Waals surface area contributed by atoms with E-state index in [0.29, 0.717) is 12.5 Å². The van der Waals surface area contributed by atoms with Gasteiger partial charge >= 0.3 is 0 Å². The maximum absolute atomic E-state index is 13.1. The number of amides is 1. The summed E-state index contributed by atoms with van der Waals surface area (Å²) < 4.78 is 7.49. The Morgan fingerprint density at radius 2 is 1.96 bits per heavy atom. The smallest absolute Gasteiger partial charge is 0.244 e. The van der Waals surface area contributed by atoms with Crippen molar-refractivity contribution in [1.29, 1.82) is 0 Å². The first-order chi connectivity index (χ1) is 13.7. The third-order valence-corrected chi connectivity index (χ3v) is 6.64. The third kappa shape index (κ3) is 5.08. The number of piperidine rings is 1. The summed E-state index contributed by atoms with van der Waals surface area (Å²) in [4.78, 5) is 17.5. The molecule has 1 aromatic rings. The van der Waals surface area contributed by atoms with Crippen LogP contribution in [0, 0.1) is 11.8 Å². The molecule has 8 nitrogen and oxygen atoms in total. The van der Waals surface area contributed by atoms with Crippen LogP contribution in [0.1, 0.15) is 57.7 Å². The van der Waals surface area contributed by atoms with Crippen LogP contribution in [0.25, 0.3) is 0 Å². The lowest BCUT2D eigenvalue weighted by atomic mass is 9.85. The van der Waals surface area contributed by atoms with Crippen molar-refractivity contribution in [2.24, 2.45) is 11.8 Å². The zero-order chi connectivity index (χ0) is 19.3. The number of tetrazole rings is 1. The standard InChI is InChI=1S/C20H34N6O2/c1-16-7-9-24(10-8-16)14-19-21-22-23-26(19)15-20(27)25(12-17-4-2-5-17)13-18-6-3-11-28-18/h16-18H,2-15H2,1H3/t18-/m1/s1. The lowest BCUT2D eigenvalue weighted by molar-refractivity contribution is -0.134. The number of carbonyl (C=O) groups is 1. The molecule has 0 unspecified atom stereocenters. The first-order valence-corrected chi connectivity index (χ1v) is 11.0. The minimum Gasteiger partial charge on any atom is -0.376 e. The lowest BCUT2D eigenvalue weighted by Gasteiger charge is -2.33. The number of carbonyl (C=O) groups excluding carboxylic acids is 1. The predicted octanol–water partition coefficient (Wildman–Crippen LogP) is 1.71. The largest absolute Gasteiger partial charge is 0.376 e. The molecule has 1 saturated carbocycles. The van der Waals surface area contributed by atoms with Crippen LogP contribution in [0.3, 0.4) is 0 Å². The Balaban J connectivity index is 1.35. The van der Waals surface area contributed by atoms with Crippen LogP contribution < -0.4 is 0 Å². The van der Waals surface area contributed by atoms with E-state index in [-0.39, 0.29) is 18.6 Å². The van der Waals surface area contributed by atoms with E-state index < -0.39 is 0 Å². The Bertz CT molecular complexity index is 632. The maximum Gasteiger partial charge on any atom is 0.244 e. The molecule has 0 spiro atoms. The summed E-state index contributed by atoms with van der Waals surface area (Å²) in [7, 11) is 0. The zero-order valence-electron chi connectivity index (χ0n) is 17.1. The van der Waals surface area contributed by atoms with Crippen molar-refractivity contribution in [2.45, 2.75) is 71.1 Å². The van der Waals surface area contributed by atoms with Crippen LogP contribution in [0.5, 0.6) is 0 Å². The monoisotopic (exact) mass is 390 g/mol. The van der Waals surface area contributed by atoms with Gasteiger partial charge in [0.05, 0.1) is 12.6 Å². The maximum atomic E-state index is 13.1. The van der Waals surface area contributed by atoms with Crippen LogP contribution in [0.4, 0.5) is 0 Å². The first kappa shape index (κ1) is 19.8. The van der Waals surface area contributed by atoms with Gasteiger partial charge in [-0.05, 0) is 73.9 Å². The minimum atomic E-state index is 0.114. The fourth-order valence-corrected chi connectivity index (χ4v) is 4.41. The Labute approximate surface area is 167 Å². The molecule has 3 heterocycles. The molecule has 0 bridgehead atoms. The molecule has 1 amide bonds. The Hall–Kier alpha value is -1.54. The molecule has 156 valence electrons. The molecule has 2 saturated heterocycles. The van der Waals surface area contributed by atoms with Gasteiger partial charge in [-0.1, -0.05) is 13.3 Å². The van der Waals surface area contributed by atoms with E-state index in [1.807, 2.05) is 4.90 Å². The van der Waals surface area contributed by atoms with Crippen molar-refractivity contribution in [3.05, 3.63) is 5.82 Å². The van der Waals surface area contributed by atoms with E-state index in [2.05, 4.69) is 27.3 Å². The van der Waals surface area contributed by atoms with Gasteiger partial charge in [-0.2, -0.15) is 0 Å². The third-order valence-electron chi connectivity index (χ3n) is 6.64. The molecule has 1 aliphatic carbocycles. The molecule has 3 fully saturated rings. The summed E-state index contributed by atoms with van der Waals surface area (Å²) in [5, 5.41) is 12.2. The van der Waals surface area contributed by atoms with Gasteiger partial charge in [0.2, 0.25) is 5.91 Å². The van der Waals surface area contributed by atoms with Crippen molar-refractivity contribution in [3.8, 4) is 0 Å². The number of ether oxygens (including phenoxy) is 1. The molecule has 0 radical (unpaired) electrons. The van der Waals surface area contributed by atoms with Crippen molar-refractivity contribution in [3.63, 3.8) is 0 Å². The number of hydrogen-bond acceptors (Lipinski definition) is 6. The number of nitrogens with zero attached hydrogens (tertiary/aromatic N) is 6. The Kier molecular flexibility index (Phi) is 6.57. The van der Waals surface area contributed by atoms with Gasteiger partial charge in [0, 0.05) is 19.7 Å². The van der Waals surface area contributed by atoms with E-state index in [4.69, 9.17) is 4.74 Å². The van der Waals surface area contributed by atoms with Crippen LogP contribution in [0.15, 0.2) is 0 Å². The lowest BCUT2D eigenvalue weighted by Crippen LogP contribution is -2.43. The fraction of sp³-hybridized carbons (Fsp3) is 0.900. The van der Waals surface area contributed by atoms with Crippen molar-refractivity contribution in [1.82, 2.24) is 30.0 Å². The second kappa shape index (κ2) is 9.31. The van der Waals surface area contributed by atoms with Gasteiger partial charge in [-0.15, -0.1) is 5.10 Å². The molecule has 2 aliphatic heterocycles. The fourth-order valence-electron chi connectivity index (χ4n) is 4.41. The van der Waals surface area contributed by atoms with Gasteiger partial charge in [0.25, 0.3) is 0 Å². The second-order valence-electron chi connectivity index (χ2n) is 8.94. The van der Waals surface area contributed by atoms with Gasteiger partial charge < -0.3 is 9.64 Å². The number of rotatable bonds is 8. The Morgan fingerprint density at radius 3 is 2.64 bits per heavy atom. The van der Waals surface area contributed by atoms with Gasteiger partial charge in [0.1, 0.15) is 6.54 Å². The molecule has 0 N–H and O–H groups in total. The average Bonchev–Trinajstić information content (AvgIpc) is 3.31. The average molecular weight is 391 g/mol. The minimum absolute atomic E-state index is 0.114. The molecule has 0 aromatic carbocycles. The van der Waals surface area contributed by atoms with E-state index in [9.17, 15) is 4.79 Å². The second-order valence-corrected chi connectivity index (χ2v) is 8.94. The summed E-state index contributed by atoms with van der Waals surface area (Å²) in [5.74, 6) is 2.35. The highest BCUT2D eigenvalue weighted by Gasteiger charge is 2.28. The highest BCUT2D eigenvalue weighted by atomic mass is 16.5. The normalized spacial score (nSPS) is 24.4. The van der Waals surface area contributed by atoms with E-state index in [0.717, 1.165) is 57.4 Å². The first-order valence-electron chi connectivity index (χ1n) is 11.0. The van der Waals surface area contributed by atoms with Crippen molar-refractivity contribution in [2.75, 3.05) is 32.8 Å². The van der Waals surface area contributed by atoms with E-state index in [1.54, 1.807) is 4.68 Å². The quantitative estimate of drug-likeness (QED) is 0.673. The molecular weight excluding hydrogens is 356 g/mol. The summed E-state index contributed by atoms with van der Waals surface area (Å²) >= 11 is 0. The zero-order valence-corrected chi connectivity index (χ0v) is 17.1. The highest BCUT2D eigenvalue weighted by molar-refractivity contribution is 5.76. The van der Waals surface area contributed by atoms with Crippen LogP contribution in [-0.2, 0) is 22.6 Å².